The van der Waals surface area contributed by atoms with Crippen molar-refractivity contribution in [3.05, 3.63) is 45.5 Å². The van der Waals surface area contributed by atoms with Gasteiger partial charge in [-0.25, -0.2) is 4.79 Å². The maximum atomic E-state index is 12.4. The van der Waals surface area contributed by atoms with Crippen LogP contribution in [-0.2, 0) is 14.4 Å². The van der Waals surface area contributed by atoms with Gasteiger partial charge in [0, 0.05) is 12.1 Å². The van der Waals surface area contributed by atoms with Gasteiger partial charge in [0.25, 0.3) is 11.0 Å². The zero-order valence-electron chi connectivity index (χ0n) is 12.8. The topological polar surface area (TPSA) is 99.0 Å². The maximum absolute atomic E-state index is 12.4. The van der Waals surface area contributed by atoms with Gasteiger partial charge in [-0.3, -0.25) is 4.79 Å². The van der Waals surface area contributed by atoms with Crippen molar-refractivity contribution in [2.75, 3.05) is 19.8 Å². The summed E-state index contributed by atoms with van der Waals surface area (Å²) >= 11 is 0. The van der Waals surface area contributed by atoms with E-state index < -0.39 is 17.1 Å². The predicted octanol–water partition coefficient (Wildman–Crippen LogP) is 1.74. The molecule has 1 heterocycles. The van der Waals surface area contributed by atoms with E-state index in [0.29, 0.717) is 11.1 Å². The highest BCUT2D eigenvalue weighted by molar-refractivity contribution is 6.03. The highest BCUT2D eigenvalue weighted by Crippen LogP contribution is 2.34. The van der Waals surface area contributed by atoms with E-state index in [1.54, 1.807) is 24.3 Å². The monoisotopic (exact) mass is 322 g/mol. The number of rotatable bonds is 8. The molecule has 0 aliphatic carbocycles. The third-order valence-electron chi connectivity index (χ3n) is 3.55. The van der Waals surface area contributed by atoms with Crippen molar-refractivity contribution < 1.29 is 24.3 Å². The van der Waals surface area contributed by atoms with Crippen molar-refractivity contribution in [3.8, 4) is 0 Å². The summed E-state index contributed by atoms with van der Waals surface area (Å²) in [7, 11) is 0. The molecule has 0 radical (unpaired) electrons. The normalized spacial score (nSPS) is 16.1. The molecule has 0 saturated heterocycles. The fourth-order valence-corrected chi connectivity index (χ4v) is 2.46. The lowest BCUT2D eigenvalue weighted by atomic mass is 10.1. The number of amides is 1. The number of carbonyl (C=O) groups is 2. The number of unbranched alkanes of at least 4 members (excludes halogenated alkanes) is 1. The molecule has 0 bridgehead atoms. The summed E-state index contributed by atoms with van der Waals surface area (Å²) in [4.78, 5) is 40.5. The molecule has 0 saturated carbocycles. The number of nitrogens with zero attached hydrogens (tertiary/aromatic N) is 2. The molecule has 124 valence electrons. The van der Waals surface area contributed by atoms with Crippen LogP contribution in [0, 0.1) is 10.1 Å². The molecule has 0 N–H and O–H groups in total. The Labute approximate surface area is 133 Å². The largest absolute Gasteiger partial charge is 0.464 e. The lowest BCUT2D eigenvalue weighted by Crippen LogP contribution is -2.36. The third-order valence-corrected chi connectivity index (χ3v) is 3.55. The Balaban J connectivity index is 2.16. The SMILES string of the molecule is CCCCOC(=O)C1c2ccccc2C(=O)N1CCO[N+](=O)[O-]. The first kappa shape index (κ1) is 16.7. The summed E-state index contributed by atoms with van der Waals surface area (Å²) in [6.07, 6.45) is 1.62. The van der Waals surface area contributed by atoms with E-state index in [9.17, 15) is 19.7 Å². The van der Waals surface area contributed by atoms with Gasteiger partial charge >= 0.3 is 5.97 Å². The quantitative estimate of drug-likeness (QED) is 0.313. The minimum absolute atomic E-state index is 0.0674. The molecule has 1 unspecified atom stereocenters. The Morgan fingerprint density at radius 2 is 2.09 bits per heavy atom. The van der Waals surface area contributed by atoms with Crippen LogP contribution in [0.15, 0.2) is 24.3 Å². The van der Waals surface area contributed by atoms with Crippen LogP contribution in [0.5, 0.6) is 0 Å². The molecule has 1 atom stereocenters. The molecular formula is C15H18N2O6. The molecule has 8 nitrogen and oxygen atoms in total. The van der Waals surface area contributed by atoms with Crippen molar-refractivity contribution in [2.45, 2.75) is 25.8 Å². The highest BCUT2D eigenvalue weighted by atomic mass is 16.9. The molecule has 1 aromatic rings. The molecule has 1 aromatic carbocycles. The van der Waals surface area contributed by atoms with E-state index in [4.69, 9.17) is 4.74 Å². The maximum Gasteiger partial charge on any atom is 0.333 e. The Morgan fingerprint density at radius 1 is 1.35 bits per heavy atom. The molecular weight excluding hydrogens is 304 g/mol. The summed E-state index contributed by atoms with van der Waals surface area (Å²) in [6, 6.07) is 5.86. The van der Waals surface area contributed by atoms with E-state index in [-0.39, 0.29) is 25.7 Å². The molecule has 0 aromatic heterocycles. The number of carbonyl (C=O) groups excluding carboxylic acids is 2. The first-order valence-electron chi connectivity index (χ1n) is 7.40. The van der Waals surface area contributed by atoms with Crippen LogP contribution >= 0.6 is 0 Å². The van der Waals surface area contributed by atoms with E-state index >= 15 is 0 Å². The number of benzene rings is 1. The van der Waals surface area contributed by atoms with Gasteiger partial charge in [-0.2, -0.15) is 0 Å². The predicted molar refractivity (Wildman–Crippen MR) is 79.0 cm³/mol. The third kappa shape index (κ3) is 3.77. The first-order chi connectivity index (χ1) is 11.1. The molecule has 8 heteroatoms. The van der Waals surface area contributed by atoms with Gasteiger partial charge < -0.3 is 14.5 Å². The van der Waals surface area contributed by atoms with Gasteiger partial charge in [0.2, 0.25) is 0 Å². The van der Waals surface area contributed by atoms with Crippen LogP contribution in [0.3, 0.4) is 0 Å². The number of fused-ring (bicyclic) bond motifs is 1. The van der Waals surface area contributed by atoms with Gasteiger partial charge in [0.15, 0.2) is 6.04 Å². The molecule has 23 heavy (non-hydrogen) atoms. The standard InChI is InChI=1S/C15H18N2O6/c1-2-3-9-22-15(19)13-11-6-4-5-7-12(11)14(18)16(13)8-10-23-17(20)21/h4-7,13H,2-3,8-10H2,1H3. The van der Waals surface area contributed by atoms with Crippen LogP contribution in [0.1, 0.15) is 41.7 Å². The fourth-order valence-electron chi connectivity index (χ4n) is 2.46. The second-order valence-electron chi connectivity index (χ2n) is 5.07. The summed E-state index contributed by atoms with van der Waals surface area (Å²) in [6.45, 7) is 1.89. The number of hydrogen-bond acceptors (Lipinski definition) is 6. The second kappa shape index (κ2) is 7.57. The van der Waals surface area contributed by atoms with Crippen LogP contribution < -0.4 is 0 Å². The number of esters is 1. The lowest BCUT2D eigenvalue weighted by molar-refractivity contribution is -0.757. The Kier molecular flexibility index (Phi) is 5.51. The molecule has 1 aliphatic heterocycles. The average molecular weight is 322 g/mol. The zero-order chi connectivity index (χ0) is 16.8. The Hall–Kier alpha value is -2.64. The van der Waals surface area contributed by atoms with Crippen LogP contribution in [-0.4, -0.2) is 41.6 Å². The second-order valence-corrected chi connectivity index (χ2v) is 5.07. The first-order valence-corrected chi connectivity index (χ1v) is 7.40. The molecule has 2 rings (SSSR count). The van der Waals surface area contributed by atoms with Gasteiger partial charge in [-0.1, -0.05) is 31.5 Å². The van der Waals surface area contributed by atoms with Crippen molar-refractivity contribution >= 4 is 11.9 Å². The number of ether oxygens (including phenoxy) is 1. The van der Waals surface area contributed by atoms with E-state index in [1.807, 2.05) is 6.92 Å². The number of hydrogen-bond donors (Lipinski definition) is 0. The molecule has 1 amide bonds. The van der Waals surface area contributed by atoms with Gasteiger partial charge in [0.05, 0.1) is 6.61 Å². The van der Waals surface area contributed by atoms with E-state index in [0.717, 1.165) is 12.8 Å². The van der Waals surface area contributed by atoms with Crippen molar-refractivity contribution in [2.24, 2.45) is 0 Å². The zero-order valence-corrected chi connectivity index (χ0v) is 12.8. The average Bonchev–Trinajstić information content (AvgIpc) is 2.80. The molecule has 0 fully saturated rings. The molecule has 0 spiro atoms. The summed E-state index contributed by atoms with van der Waals surface area (Å²) < 4.78 is 5.22. The lowest BCUT2D eigenvalue weighted by Gasteiger charge is -2.23. The Morgan fingerprint density at radius 3 is 2.78 bits per heavy atom. The fraction of sp³-hybridized carbons (Fsp3) is 0.467. The van der Waals surface area contributed by atoms with Crippen molar-refractivity contribution in [1.82, 2.24) is 4.90 Å². The van der Waals surface area contributed by atoms with Crippen molar-refractivity contribution in [1.29, 1.82) is 0 Å². The summed E-state index contributed by atoms with van der Waals surface area (Å²) in [5.41, 5.74) is 0.964. The summed E-state index contributed by atoms with van der Waals surface area (Å²) in [5, 5.41) is 9.32. The van der Waals surface area contributed by atoms with E-state index in [2.05, 4.69) is 4.84 Å². The minimum atomic E-state index is -0.928. The van der Waals surface area contributed by atoms with E-state index in [1.165, 1.54) is 4.90 Å². The Bertz CT molecular complexity index is 603. The van der Waals surface area contributed by atoms with Gasteiger partial charge in [0.1, 0.15) is 6.61 Å². The van der Waals surface area contributed by atoms with Crippen LogP contribution in [0.2, 0.25) is 0 Å². The minimum Gasteiger partial charge on any atom is -0.464 e. The van der Waals surface area contributed by atoms with Gasteiger partial charge in [-0.05, 0) is 18.1 Å². The highest BCUT2D eigenvalue weighted by Gasteiger charge is 2.41. The molecule has 1 aliphatic rings. The van der Waals surface area contributed by atoms with Crippen LogP contribution in [0.4, 0.5) is 0 Å². The van der Waals surface area contributed by atoms with Gasteiger partial charge in [-0.15, -0.1) is 10.1 Å². The van der Waals surface area contributed by atoms with Crippen molar-refractivity contribution in [3.63, 3.8) is 0 Å². The summed E-state index contributed by atoms with van der Waals surface area (Å²) in [5.74, 6) is -0.886. The smallest absolute Gasteiger partial charge is 0.333 e. The van der Waals surface area contributed by atoms with Crippen LogP contribution in [0.25, 0.3) is 0 Å².